The van der Waals surface area contributed by atoms with Crippen LogP contribution in [0.1, 0.15) is 11.1 Å². The summed E-state index contributed by atoms with van der Waals surface area (Å²) < 4.78 is 2.12. The Balaban J connectivity index is 1.95. The molecule has 24 heavy (non-hydrogen) atoms. The maximum Gasteiger partial charge on any atom is 0.216 e. The van der Waals surface area contributed by atoms with Crippen LogP contribution in [0.3, 0.4) is 0 Å². The third-order valence-electron chi connectivity index (χ3n) is 3.77. The summed E-state index contributed by atoms with van der Waals surface area (Å²) in [5, 5.41) is 11.6. The molecule has 0 aliphatic heterocycles. The molecular formula is C18H19N5S. The van der Waals surface area contributed by atoms with Crippen molar-refractivity contribution in [3.8, 4) is 11.4 Å². The Morgan fingerprint density at radius 3 is 2.50 bits per heavy atom. The summed E-state index contributed by atoms with van der Waals surface area (Å²) >= 11 is 5.31. The minimum atomic E-state index is 0.467. The van der Waals surface area contributed by atoms with E-state index < -0.39 is 0 Å². The third kappa shape index (κ3) is 3.28. The molecule has 3 aromatic rings. The molecule has 1 aromatic heterocycles. The fourth-order valence-corrected chi connectivity index (χ4v) is 2.56. The number of hydrogen-bond acceptors (Lipinski definition) is 4. The third-order valence-corrected chi connectivity index (χ3v) is 4.03. The fourth-order valence-electron chi connectivity index (χ4n) is 2.38. The Morgan fingerprint density at radius 1 is 1.12 bits per heavy atom. The molecule has 6 heteroatoms. The predicted octanol–water partition coefficient (Wildman–Crippen LogP) is 3.86. The van der Waals surface area contributed by atoms with Crippen molar-refractivity contribution in [3.05, 3.63) is 64.4 Å². The van der Waals surface area contributed by atoms with E-state index in [1.54, 1.807) is 10.9 Å². The fraction of sp³-hybridized carbons (Fsp3) is 0.167. The highest BCUT2D eigenvalue weighted by molar-refractivity contribution is 7.71. The van der Waals surface area contributed by atoms with Crippen molar-refractivity contribution in [1.29, 1.82) is 0 Å². The highest BCUT2D eigenvalue weighted by atomic mass is 32.1. The first-order valence-electron chi connectivity index (χ1n) is 7.61. The van der Waals surface area contributed by atoms with Crippen LogP contribution in [0.4, 0.5) is 5.69 Å². The molecule has 1 N–H and O–H groups in total. The molecule has 0 radical (unpaired) electrons. The van der Waals surface area contributed by atoms with Crippen molar-refractivity contribution in [1.82, 2.24) is 14.9 Å². The molecule has 0 bridgehead atoms. The topological polar surface area (TPSA) is 49.2 Å². The molecule has 2 aromatic carbocycles. The van der Waals surface area contributed by atoms with Crippen LogP contribution < -0.4 is 4.90 Å². The van der Waals surface area contributed by atoms with E-state index in [1.807, 2.05) is 57.4 Å². The molecule has 122 valence electrons. The number of hydrogen-bond donors (Lipinski definition) is 1. The molecule has 3 rings (SSSR count). The molecule has 5 nitrogen and oxygen atoms in total. The first-order chi connectivity index (χ1) is 11.6. The van der Waals surface area contributed by atoms with E-state index in [2.05, 4.69) is 32.3 Å². The molecule has 0 aliphatic carbocycles. The quantitative estimate of drug-likeness (QED) is 0.581. The van der Waals surface area contributed by atoms with Crippen molar-refractivity contribution in [2.24, 2.45) is 5.10 Å². The van der Waals surface area contributed by atoms with Gasteiger partial charge < -0.3 is 4.90 Å². The van der Waals surface area contributed by atoms with Gasteiger partial charge in [-0.05, 0) is 42.4 Å². The summed E-state index contributed by atoms with van der Waals surface area (Å²) in [5.41, 5.74) is 4.27. The van der Waals surface area contributed by atoms with Gasteiger partial charge in [0.2, 0.25) is 4.77 Å². The number of H-pyrrole nitrogens is 1. The zero-order valence-electron chi connectivity index (χ0n) is 13.9. The maximum atomic E-state index is 5.31. The van der Waals surface area contributed by atoms with E-state index in [1.165, 1.54) is 0 Å². The molecular weight excluding hydrogens is 318 g/mol. The molecule has 0 saturated carbocycles. The van der Waals surface area contributed by atoms with E-state index in [0.717, 1.165) is 22.4 Å². The molecule has 0 fully saturated rings. The van der Waals surface area contributed by atoms with Gasteiger partial charge in [-0.15, -0.1) is 0 Å². The summed E-state index contributed by atoms with van der Waals surface area (Å²) in [4.78, 5) is 2.06. The van der Waals surface area contributed by atoms with Gasteiger partial charge in [0.15, 0.2) is 5.82 Å². The summed E-state index contributed by atoms with van der Waals surface area (Å²) in [7, 11) is 4.03. The van der Waals surface area contributed by atoms with E-state index in [-0.39, 0.29) is 0 Å². The van der Waals surface area contributed by atoms with Gasteiger partial charge in [-0.1, -0.05) is 36.4 Å². The van der Waals surface area contributed by atoms with Gasteiger partial charge in [0, 0.05) is 25.3 Å². The number of rotatable bonds is 4. The minimum absolute atomic E-state index is 0.467. The second-order valence-corrected chi connectivity index (χ2v) is 6.10. The standard InChI is InChI=1S/C18H19N5S/c1-13-6-4-5-7-16(13)17-20-21-18(24)23(17)19-12-14-8-10-15(11-9-14)22(2)3/h4-12H,1-3H3,(H,21,24)/b19-12-. The van der Waals surface area contributed by atoms with Gasteiger partial charge in [-0.2, -0.15) is 14.9 Å². The second-order valence-electron chi connectivity index (χ2n) is 5.71. The Kier molecular flexibility index (Phi) is 4.57. The number of anilines is 1. The highest BCUT2D eigenvalue weighted by Crippen LogP contribution is 2.21. The zero-order valence-corrected chi connectivity index (χ0v) is 14.7. The summed E-state index contributed by atoms with van der Waals surface area (Å²) in [5.74, 6) is 0.708. The molecule has 0 saturated heterocycles. The van der Waals surface area contributed by atoms with Gasteiger partial charge in [-0.3, -0.25) is 0 Å². The Hall–Kier alpha value is -2.73. The lowest BCUT2D eigenvalue weighted by Gasteiger charge is -2.11. The molecule has 0 spiro atoms. The number of benzene rings is 2. The van der Waals surface area contributed by atoms with Crippen LogP contribution in [0.15, 0.2) is 53.6 Å². The van der Waals surface area contributed by atoms with E-state index in [4.69, 9.17) is 12.2 Å². The van der Waals surface area contributed by atoms with Gasteiger partial charge >= 0.3 is 0 Å². The highest BCUT2D eigenvalue weighted by Gasteiger charge is 2.09. The van der Waals surface area contributed by atoms with Crippen LogP contribution in [0.5, 0.6) is 0 Å². The largest absolute Gasteiger partial charge is 0.378 e. The second kappa shape index (κ2) is 6.80. The smallest absolute Gasteiger partial charge is 0.216 e. The number of aryl methyl sites for hydroxylation is 1. The lowest BCUT2D eigenvalue weighted by molar-refractivity contribution is 0.871. The number of aromatic nitrogens is 3. The SMILES string of the molecule is Cc1ccccc1-c1n[nH]c(=S)n1/N=C\c1ccc(N(C)C)cc1. The summed E-state index contributed by atoms with van der Waals surface area (Å²) in [6.07, 6.45) is 1.78. The van der Waals surface area contributed by atoms with Crippen molar-refractivity contribution in [2.45, 2.75) is 6.92 Å². The predicted molar refractivity (Wildman–Crippen MR) is 101 cm³/mol. The van der Waals surface area contributed by atoms with Crippen LogP contribution >= 0.6 is 12.2 Å². The molecule has 0 aliphatic rings. The van der Waals surface area contributed by atoms with Crippen LogP contribution in [0, 0.1) is 11.7 Å². The lowest BCUT2D eigenvalue weighted by atomic mass is 10.1. The Bertz CT molecular complexity index is 919. The number of nitrogens with zero attached hydrogens (tertiary/aromatic N) is 4. The normalized spacial score (nSPS) is 11.1. The van der Waals surface area contributed by atoms with E-state index in [9.17, 15) is 0 Å². The summed E-state index contributed by atoms with van der Waals surface area (Å²) in [6, 6.07) is 16.2. The molecule has 1 heterocycles. The average Bonchev–Trinajstić information content (AvgIpc) is 2.94. The van der Waals surface area contributed by atoms with Crippen LogP contribution in [0.25, 0.3) is 11.4 Å². The van der Waals surface area contributed by atoms with Crippen LogP contribution in [-0.4, -0.2) is 35.2 Å². The summed E-state index contributed by atoms with van der Waals surface area (Å²) in [6.45, 7) is 2.04. The van der Waals surface area contributed by atoms with Crippen molar-refractivity contribution >= 4 is 24.1 Å². The average molecular weight is 337 g/mol. The molecule has 0 atom stereocenters. The van der Waals surface area contributed by atoms with E-state index in [0.29, 0.717) is 10.6 Å². The first-order valence-corrected chi connectivity index (χ1v) is 8.02. The molecule has 0 unspecified atom stereocenters. The van der Waals surface area contributed by atoms with Crippen LogP contribution in [0.2, 0.25) is 0 Å². The van der Waals surface area contributed by atoms with Crippen LogP contribution in [-0.2, 0) is 0 Å². The van der Waals surface area contributed by atoms with Gasteiger partial charge in [0.25, 0.3) is 0 Å². The zero-order chi connectivity index (χ0) is 17.1. The monoisotopic (exact) mass is 337 g/mol. The van der Waals surface area contributed by atoms with E-state index >= 15 is 0 Å². The van der Waals surface area contributed by atoms with Gasteiger partial charge in [0.05, 0.1) is 6.21 Å². The Morgan fingerprint density at radius 2 is 1.83 bits per heavy atom. The molecule has 0 amide bonds. The lowest BCUT2D eigenvalue weighted by Crippen LogP contribution is -2.08. The maximum absolute atomic E-state index is 5.31. The van der Waals surface area contributed by atoms with Gasteiger partial charge in [0.1, 0.15) is 0 Å². The minimum Gasteiger partial charge on any atom is -0.378 e. The number of aromatic amines is 1. The first kappa shape index (κ1) is 16.1. The Labute approximate surface area is 146 Å². The van der Waals surface area contributed by atoms with Crippen molar-refractivity contribution in [2.75, 3.05) is 19.0 Å². The van der Waals surface area contributed by atoms with Crippen molar-refractivity contribution < 1.29 is 0 Å². The van der Waals surface area contributed by atoms with Gasteiger partial charge in [-0.25, -0.2) is 5.10 Å². The van der Waals surface area contributed by atoms with Crippen molar-refractivity contribution in [3.63, 3.8) is 0 Å². The number of nitrogens with one attached hydrogen (secondary N) is 1.